The Morgan fingerprint density at radius 2 is 2.08 bits per heavy atom. The minimum absolute atomic E-state index is 0.199. The van der Waals surface area contributed by atoms with Crippen LogP contribution in [0.4, 0.5) is 0 Å². The van der Waals surface area contributed by atoms with Gasteiger partial charge in [-0.25, -0.2) is 4.52 Å². The second kappa shape index (κ2) is 5.68. The van der Waals surface area contributed by atoms with E-state index in [4.69, 9.17) is 14.2 Å². The molecule has 1 N–H and O–H groups in total. The molecule has 24 heavy (non-hydrogen) atoms. The van der Waals surface area contributed by atoms with Crippen molar-refractivity contribution in [1.82, 2.24) is 14.6 Å². The molecule has 0 radical (unpaired) electrons. The van der Waals surface area contributed by atoms with Gasteiger partial charge in [-0.3, -0.25) is 4.79 Å². The Kier molecular flexibility index (Phi) is 3.50. The van der Waals surface area contributed by atoms with Gasteiger partial charge in [-0.05, 0) is 25.1 Å². The van der Waals surface area contributed by atoms with Gasteiger partial charge in [0.25, 0.3) is 5.56 Å². The van der Waals surface area contributed by atoms with Crippen molar-refractivity contribution in [1.29, 1.82) is 0 Å². The first kappa shape index (κ1) is 14.8. The number of methoxy groups -OCH3 is 1. The molecule has 0 fully saturated rings. The monoisotopic (exact) mass is 327 g/mol. The number of nitrogens with one attached hydrogen (secondary N) is 1. The number of rotatable bonds is 3. The predicted octanol–water partition coefficient (Wildman–Crippen LogP) is 1.92. The zero-order chi connectivity index (χ0) is 16.7. The van der Waals surface area contributed by atoms with Gasteiger partial charge in [0, 0.05) is 18.2 Å². The minimum Gasteiger partial charge on any atom is -0.486 e. The molecule has 0 spiro atoms. The maximum atomic E-state index is 12.5. The van der Waals surface area contributed by atoms with Crippen molar-refractivity contribution in [2.45, 2.75) is 13.5 Å². The number of H-pyrrole nitrogens is 1. The fourth-order valence-electron chi connectivity index (χ4n) is 2.93. The molecular weight excluding hydrogens is 310 g/mol. The molecule has 0 unspecified atom stereocenters. The van der Waals surface area contributed by atoms with Crippen LogP contribution in [0.1, 0.15) is 11.3 Å². The van der Waals surface area contributed by atoms with Crippen LogP contribution in [0.5, 0.6) is 11.5 Å². The smallest absolute Gasteiger partial charge is 0.274 e. The molecule has 0 saturated carbocycles. The number of hydrogen-bond acceptors (Lipinski definition) is 5. The molecule has 1 aliphatic heterocycles. The quantitative estimate of drug-likeness (QED) is 0.795. The van der Waals surface area contributed by atoms with Gasteiger partial charge < -0.3 is 19.2 Å². The number of hydrogen-bond donors (Lipinski definition) is 1. The molecule has 4 rings (SSSR count). The van der Waals surface area contributed by atoms with E-state index in [0.29, 0.717) is 42.5 Å². The summed E-state index contributed by atoms with van der Waals surface area (Å²) in [5, 5.41) is 4.43. The standard InChI is InChI=1S/C17H17N3O4/c1-10-12(9-22-2)16-17(21)18-13(8-20(16)19-10)11-3-4-14-15(7-11)24-6-5-23-14/h3-4,7-8H,5-6,9H2,1-2H3,(H,18,21). The van der Waals surface area contributed by atoms with Gasteiger partial charge in [0.2, 0.25) is 0 Å². The van der Waals surface area contributed by atoms with Crippen LogP contribution < -0.4 is 15.0 Å². The third-order valence-corrected chi connectivity index (χ3v) is 4.07. The predicted molar refractivity (Wildman–Crippen MR) is 87.7 cm³/mol. The van der Waals surface area contributed by atoms with Crippen molar-refractivity contribution in [2.75, 3.05) is 20.3 Å². The largest absolute Gasteiger partial charge is 0.486 e. The van der Waals surface area contributed by atoms with Crippen LogP contribution in [0.3, 0.4) is 0 Å². The Labute approximate surface area is 137 Å². The maximum Gasteiger partial charge on any atom is 0.274 e. The normalized spacial score (nSPS) is 13.4. The SMILES string of the molecule is COCc1c(C)nn2cc(-c3ccc4c(c3)OCCO4)[nH]c(=O)c12. The lowest BCUT2D eigenvalue weighted by molar-refractivity contribution is 0.171. The minimum atomic E-state index is -0.199. The summed E-state index contributed by atoms with van der Waals surface area (Å²) in [6.45, 7) is 3.28. The first-order valence-electron chi connectivity index (χ1n) is 7.67. The lowest BCUT2D eigenvalue weighted by Gasteiger charge is -2.18. The summed E-state index contributed by atoms with van der Waals surface area (Å²) in [5.41, 5.74) is 3.38. The highest BCUT2D eigenvalue weighted by Crippen LogP contribution is 2.33. The van der Waals surface area contributed by atoms with Crippen LogP contribution in [-0.2, 0) is 11.3 Å². The van der Waals surface area contributed by atoms with Crippen LogP contribution in [0.25, 0.3) is 16.8 Å². The van der Waals surface area contributed by atoms with Crippen molar-refractivity contribution in [2.24, 2.45) is 0 Å². The highest BCUT2D eigenvalue weighted by atomic mass is 16.6. The summed E-state index contributed by atoms with van der Waals surface area (Å²) < 4.78 is 17.9. The summed E-state index contributed by atoms with van der Waals surface area (Å²) in [6, 6.07) is 5.59. The second-order valence-corrected chi connectivity index (χ2v) is 5.65. The van der Waals surface area contributed by atoms with E-state index in [9.17, 15) is 4.79 Å². The van der Waals surface area contributed by atoms with E-state index in [1.165, 1.54) is 0 Å². The Morgan fingerprint density at radius 1 is 1.29 bits per heavy atom. The molecule has 7 heteroatoms. The second-order valence-electron chi connectivity index (χ2n) is 5.65. The molecule has 3 heterocycles. The van der Waals surface area contributed by atoms with Gasteiger partial charge in [0.05, 0.1) is 24.2 Å². The van der Waals surface area contributed by atoms with Crippen LogP contribution in [0.15, 0.2) is 29.2 Å². The van der Waals surface area contributed by atoms with Crippen LogP contribution >= 0.6 is 0 Å². The van der Waals surface area contributed by atoms with Gasteiger partial charge in [-0.2, -0.15) is 5.10 Å². The van der Waals surface area contributed by atoms with Gasteiger partial charge in [0.15, 0.2) is 11.5 Å². The molecule has 7 nitrogen and oxygen atoms in total. The molecule has 0 aliphatic carbocycles. The van der Waals surface area contributed by atoms with E-state index in [0.717, 1.165) is 16.8 Å². The lowest BCUT2D eigenvalue weighted by Crippen LogP contribution is -2.15. The van der Waals surface area contributed by atoms with Crippen molar-refractivity contribution in [3.63, 3.8) is 0 Å². The number of ether oxygens (including phenoxy) is 3. The number of benzene rings is 1. The van der Waals surface area contributed by atoms with E-state index < -0.39 is 0 Å². The highest BCUT2D eigenvalue weighted by Gasteiger charge is 2.16. The molecule has 0 amide bonds. The van der Waals surface area contributed by atoms with E-state index in [-0.39, 0.29) is 5.56 Å². The van der Waals surface area contributed by atoms with Crippen molar-refractivity contribution in [3.05, 3.63) is 46.0 Å². The zero-order valence-corrected chi connectivity index (χ0v) is 13.5. The summed E-state index contributed by atoms with van der Waals surface area (Å²) in [4.78, 5) is 15.5. The van der Waals surface area contributed by atoms with Crippen molar-refractivity contribution >= 4 is 5.52 Å². The Bertz CT molecular complexity index is 974. The number of aromatic nitrogens is 3. The van der Waals surface area contributed by atoms with E-state index in [2.05, 4.69) is 10.1 Å². The number of aromatic amines is 1. The van der Waals surface area contributed by atoms with Gasteiger partial charge in [-0.1, -0.05) is 0 Å². The molecular formula is C17H17N3O4. The van der Waals surface area contributed by atoms with Gasteiger partial charge in [0.1, 0.15) is 18.7 Å². The molecule has 0 atom stereocenters. The third-order valence-electron chi connectivity index (χ3n) is 4.07. The topological polar surface area (TPSA) is 77.9 Å². The molecule has 124 valence electrons. The summed E-state index contributed by atoms with van der Waals surface area (Å²) in [7, 11) is 1.60. The summed E-state index contributed by atoms with van der Waals surface area (Å²) in [6.07, 6.45) is 1.80. The number of aryl methyl sites for hydroxylation is 1. The van der Waals surface area contributed by atoms with Gasteiger partial charge in [-0.15, -0.1) is 0 Å². The number of nitrogens with zero attached hydrogens (tertiary/aromatic N) is 2. The van der Waals surface area contributed by atoms with E-state index in [1.54, 1.807) is 17.8 Å². The Hall–Kier alpha value is -2.80. The van der Waals surface area contributed by atoms with Gasteiger partial charge >= 0.3 is 0 Å². The maximum absolute atomic E-state index is 12.5. The Morgan fingerprint density at radius 3 is 2.88 bits per heavy atom. The molecule has 1 aromatic carbocycles. The fourth-order valence-corrected chi connectivity index (χ4v) is 2.93. The molecule has 1 aliphatic rings. The average Bonchev–Trinajstić information content (AvgIpc) is 2.91. The zero-order valence-electron chi connectivity index (χ0n) is 13.5. The van der Waals surface area contributed by atoms with Crippen molar-refractivity contribution < 1.29 is 14.2 Å². The highest BCUT2D eigenvalue weighted by molar-refractivity contribution is 5.66. The van der Waals surface area contributed by atoms with Crippen molar-refractivity contribution in [3.8, 4) is 22.8 Å². The summed E-state index contributed by atoms with van der Waals surface area (Å²) in [5.74, 6) is 1.39. The molecule has 0 bridgehead atoms. The first-order chi connectivity index (χ1) is 11.7. The fraction of sp³-hybridized carbons (Fsp3) is 0.294. The summed E-state index contributed by atoms with van der Waals surface area (Å²) >= 11 is 0. The average molecular weight is 327 g/mol. The molecule has 0 saturated heterocycles. The van der Waals surface area contributed by atoms with Crippen LogP contribution in [0.2, 0.25) is 0 Å². The Balaban J connectivity index is 1.85. The molecule has 2 aromatic heterocycles. The first-order valence-corrected chi connectivity index (χ1v) is 7.67. The molecule has 3 aromatic rings. The lowest BCUT2D eigenvalue weighted by atomic mass is 10.1. The number of fused-ring (bicyclic) bond motifs is 2. The van der Waals surface area contributed by atoms with E-state index >= 15 is 0 Å². The van der Waals surface area contributed by atoms with E-state index in [1.807, 2.05) is 25.1 Å². The third kappa shape index (κ3) is 2.33. The van der Waals surface area contributed by atoms with Crippen LogP contribution in [0, 0.1) is 6.92 Å². The van der Waals surface area contributed by atoms with Crippen LogP contribution in [-0.4, -0.2) is 34.9 Å².